The average Bonchev–Trinajstić information content (AvgIpc) is 3.98. The van der Waals surface area contributed by atoms with Gasteiger partial charge in [-0.05, 0) is 58.0 Å². The second kappa shape index (κ2) is 11.3. The molecule has 0 bridgehead atoms. The fourth-order valence-electron chi connectivity index (χ4n) is 10.2. The van der Waals surface area contributed by atoms with Crippen LogP contribution in [0.3, 0.4) is 0 Å². The van der Waals surface area contributed by atoms with Crippen molar-refractivity contribution in [1.82, 2.24) is 19.1 Å². The van der Waals surface area contributed by atoms with Crippen molar-refractivity contribution >= 4 is 76.5 Å². The lowest BCUT2D eigenvalue weighted by Crippen LogP contribution is -2.17. The predicted molar refractivity (Wildman–Crippen MR) is 238 cm³/mol. The van der Waals surface area contributed by atoms with Crippen LogP contribution in [0, 0.1) is 0 Å². The van der Waals surface area contributed by atoms with Crippen molar-refractivity contribution in [1.29, 1.82) is 0 Å². The Kier molecular flexibility index (Phi) is 6.17. The largest absolute Gasteiger partial charge is 0.452 e. The number of furan rings is 1. The molecule has 272 valence electrons. The highest BCUT2D eigenvalue weighted by atomic mass is 16.3. The SMILES string of the molecule is CC1(C)c2ccccc2-c2ccc3c4c5ccccc5c(-n5c6ccccc6c6ccccc65)cc4n(-c4nc(-c5ccccc5)c5oc6ccccc6c5n4)c3c21. The normalized spacial score (nSPS) is 13.5. The van der Waals surface area contributed by atoms with Gasteiger partial charge in [-0.2, -0.15) is 0 Å². The molecule has 0 radical (unpaired) electrons. The Hall–Kier alpha value is -7.50. The molecule has 1 aliphatic carbocycles. The molecular weight excluding hydrogens is 709 g/mol. The fourth-order valence-corrected chi connectivity index (χ4v) is 10.2. The zero-order chi connectivity index (χ0) is 38.3. The van der Waals surface area contributed by atoms with Gasteiger partial charge < -0.3 is 8.98 Å². The third-order valence-corrected chi connectivity index (χ3v) is 12.7. The maximum Gasteiger partial charge on any atom is 0.236 e. The minimum absolute atomic E-state index is 0.294. The lowest BCUT2D eigenvalue weighted by atomic mass is 9.81. The number of nitrogens with zero attached hydrogens (tertiary/aromatic N) is 4. The van der Waals surface area contributed by atoms with Crippen LogP contribution in [-0.2, 0) is 5.41 Å². The lowest BCUT2D eigenvalue weighted by Gasteiger charge is -2.23. The van der Waals surface area contributed by atoms with E-state index in [1.54, 1.807) is 0 Å². The van der Waals surface area contributed by atoms with Gasteiger partial charge in [-0.3, -0.25) is 4.57 Å². The first-order valence-electron chi connectivity index (χ1n) is 19.9. The Morgan fingerprint density at radius 2 is 1.14 bits per heavy atom. The molecule has 0 fully saturated rings. The number of rotatable bonds is 3. The fraction of sp³-hybridized carbons (Fsp3) is 0.0566. The van der Waals surface area contributed by atoms with E-state index in [2.05, 4.69) is 175 Å². The molecule has 8 aromatic carbocycles. The highest BCUT2D eigenvalue weighted by Crippen LogP contribution is 2.54. The van der Waals surface area contributed by atoms with Gasteiger partial charge in [-0.25, -0.2) is 9.97 Å². The summed E-state index contributed by atoms with van der Waals surface area (Å²) in [6, 6.07) is 60.9. The number of fused-ring (bicyclic) bond motifs is 15. The molecule has 1 aliphatic rings. The van der Waals surface area contributed by atoms with Crippen molar-refractivity contribution in [2.75, 3.05) is 0 Å². The number of benzene rings is 8. The smallest absolute Gasteiger partial charge is 0.236 e. The monoisotopic (exact) mass is 742 g/mol. The molecule has 12 aromatic rings. The van der Waals surface area contributed by atoms with E-state index in [9.17, 15) is 0 Å². The van der Waals surface area contributed by atoms with Gasteiger partial charge in [0.15, 0.2) is 5.58 Å². The van der Waals surface area contributed by atoms with Crippen LogP contribution in [0.2, 0.25) is 0 Å². The molecule has 0 amide bonds. The third-order valence-electron chi connectivity index (χ3n) is 12.7. The van der Waals surface area contributed by atoms with Gasteiger partial charge in [0, 0.05) is 43.3 Å². The van der Waals surface area contributed by atoms with Crippen LogP contribution >= 0.6 is 0 Å². The first kappa shape index (κ1) is 31.7. The zero-order valence-corrected chi connectivity index (χ0v) is 31.9. The molecule has 4 heterocycles. The van der Waals surface area contributed by atoms with Crippen molar-refractivity contribution in [3.63, 3.8) is 0 Å². The van der Waals surface area contributed by atoms with Gasteiger partial charge in [-0.15, -0.1) is 0 Å². The highest BCUT2D eigenvalue weighted by Gasteiger charge is 2.39. The summed E-state index contributed by atoms with van der Waals surface area (Å²) in [5.41, 5.74) is 14.5. The summed E-state index contributed by atoms with van der Waals surface area (Å²) in [5, 5.41) is 8.17. The van der Waals surface area contributed by atoms with E-state index in [-0.39, 0.29) is 5.41 Å². The molecule has 58 heavy (non-hydrogen) atoms. The van der Waals surface area contributed by atoms with E-state index in [4.69, 9.17) is 14.4 Å². The minimum atomic E-state index is -0.294. The Morgan fingerprint density at radius 3 is 1.91 bits per heavy atom. The minimum Gasteiger partial charge on any atom is -0.452 e. The summed E-state index contributed by atoms with van der Waals surface area (Å²) in [4.78, 5) is 11.1. The summed E-state index contributed by atoms with van der Waals surface area (Å²) in [6.07, 6.45) is 0. The molecule has 0 atom stereocenters. The number of hydrogen-bond donors (Lipinski definition) is 0. The summed E-state index contributed by atoms with van der Waals surface area (Å²) < 4.78 is 11.4. The first-order chi connectivity index (χ1) is 28.6. The zero-order valence-electron chi connectivity index (χ0n) is 31.9. The molecular formula is C53H34N4O. The molecule has 0 saturated carbocycles. The van der Waals surface area contributed by atoms with Gasteiger partial charge in [0.05, 0.1) is 27.8 Å². The molecule has 5 heteroatoms. The van der Waals surface area contributed by atoms with E-state index in [0.717, 1.165) is 44.5 Å². The van der Waals surface area contributed by atoms with Crippen molar-refractivity contribution in [3.05, 3.63) is 181 Å². The highest BCUT2D eigenvalue weighted by molar-refractivity contribution is 6.25. The van der Waals surface area contributed by atoms with Gasteiger partial charge >= 0.3 is 0 Å². The predicted octanol–water partition coefficient (Wildman–Crippen LogP) is 13.7. The standard InChI is InChI=1S/C53H34N4O/c1-53(2)40-24-12-8-18-32(40)37-28-29-39-46-36-22-7-6-21-35(36)43(56-41-25-13-9-19-33(41)34-20-10-14-26-42(34)56)30-44(46)57(50(39)47(37)53)52-54-48(31-16-4-3-5-17-31)51-49(55-52)38-23-11-15-27-45(38)58-51/h3-30H,1-2H3. The molecule has 0 spiro atoms. The summed E-state index contributed by atoms with van der Waals surface area (Å²) in [6.45, 7) is 4.73. The molecule has 0 saturated heterocycles. The number of para-hydroxylation sites is 3. The van der Waals surface area contributed by atoms with E-state index >= 15 is 0 Å². The van der Waals surface area contributed by atoms with Crippen LogP contribution < -0.4 is 0 Å². The van der Waals surface area contributed by atoms with E-state index < -0.39 is 0 Å². The topological polar surface area (TPSA) is 48.8 Å². The quantitative estimate of drug-likeness (QED) is 0.181. The molecule has 4 aromatic heterocycles. The summed E-state index contributed by atoms with van der Waals surface area (Å²) >= 11 is 0. The Labute approximate surface area is 333 Å². The van der Waals surface area contributed by atoms with Crippen LogP contribution in [-0.4, -0.2) is 19.1 Å². The number of aromatic nitrogens is 4. The van der Waals surface area contributed by atoms with Gasteiger partial charge in [0.1, 0.15) is 16.8 Å². The number of hydrogen-bond acceptors (Lipinski definition) is 3. The maximum absolute atomic E-state index is 6.60. The van der Waals surface area contributed by atoms with Gasteiger partial charge in [0.2, 0.25) is 5.95 Å². The van der Waals surface area contributed by atoms with Gasteiger partial charge in [-0.1, -0.05) is 153 Å². The van der Waals surface area contributed by atoms with Crippen molar-refractivity contribution in [2.24, 2.45) is 0 Å². The summed E-state index contributed by atoms with van der Waals surface area (Å²) in [7, 11) is 0. The van der Waals surface area contributed by atoms with Crippen LogP contribution in [0.1, 0.15) is 25.0 Å². The molecule has 0 N–H and O–H groups in total. The van der Waals surface area contributed by atoms with Crippen LogP contribution in [0.5, 0.6) is 0 Å². The summed E-state index contributed by atoms with van der Waals surface area (Å²) in [5.74, 6) is 0.613. The molecule has 0 unspecified atom stereocenters. The first-order valence-corrected chi connectivity index (χ1v) is 19.9. The molecule has 0 aliphatic heterocycles. The Bertz CT molecular complexity index is 3660. The van der Waals surface area contributed by atoms with E-state index in [1.165, 1.54) is 65.6 Å². The second-order valence-corrected chi connectivity index (χ2v) is 16.1. The second-order valence-electron chi connectivity index (χ2n) is 16.1. The average molecular weight is 743 g/mol. The van der Waals surface area contributed by atoms with Crippen LogP contribution in [0.4, 0.5) is 0 Å². The lowest BCUT2D eigenvalue weighted by molar-refractivity contribution is 0.662. The maximum atomic E-state index is 6.60. The van der Waals surface area contributed by atoms with E-state index in [0.29, 0.717) is 11.5 Å². The Balaban J connectivity index is 1.26. The molecule has 13 rings (SSSR count). The van der Waals surface area contributed by atoms with Crippen LogP contribution in [0.25, 0.3) is 110 Å². The van der Waals surface area contributed by atoms with Gasteiger partial charge in [0.25, 0.3) is 0 Å². The van der Waals surface area contributed by atoms with E-state index in [1.807, 2.05) is 18.2 Å². The third kappa shape index (κ3) is 4.04. The van der Waals surface area contributed by atoms with Crippen molar-refractivity contribution in [2.45, 2.75) is 19.3 Å². The molecule has 5 nitrogen and oxygen atoms in total. The van der Waals surface area contributed by atoms with Crippen molar-refractivity contribution < 1.29 is 4.42 Å². The Morgan fingerprint density at radius 1 is 0.500 bits per heavy atom. The van der Waals surface area contributed by atoms with Crippen molar-refractivity contribution in [3.8, 4) is 34.0 Å². The van der Waals surface area contributed by atoms with Crippen LogP contribution in [0.15, 0.2) is 174 Å².